The van der Waals surface area contributed by atoms with Crippen molar-refractivity contribution in [3.05, 3.63) is 0 Å². The Morgan fingerprint density at radius 3 is 2.35 bits per heavy atom. The monoisotopic (exact) mass is 280 g/mol. The molecule has 0 amide bonds. The van der Waals surface area contributed by atoms with Crippen LogP contribution >= 0.6 is 0 Å². The highest BCUT2D eigenvalue weighted by Crippen LogP contribution is 2.34. The SMILES string of the molecule is CCCNC1CCC(CCC)CC1CN(C)CC1CC1. The van der Waals surface area contributed by atoms with Crippen molar-refractivity contribution in [3.8, 4) is 0 Å². The van der Waals surface area contributed by atoms with Crippen molar-refractivity contribution in [2.45, 2.75) is 71.3 Å². The van der Waals surface area contributed by atoms with Crippen LogP contribution in [0.15, 0.2) is 0 Å². The second-order valence-electron chi connectivity index (χ2n) is 7.45. The van der Waals surface area contributed by atoms with Crippen LogP contribution in [0.5, 0.6) is 0 Å². The van der Waals surface area contributed by atoms with E-state index in [0.717, 1.165) is 23.8 Å². The van der Waals surface area contributed by atoms with Gasteiger partial charge in [-0.2, -0.15) is 0 Å². The van der Waals surface area contributed by atoms with Crippen LogP contribution in [0.4, 0.5) is 0 Å². The van der Waals surface area contributed by atoms with E-state index in [1.807, 2.05) is 0 Å². The molecule has 2 rings (SSSR count). The average molecular weight is 280 g/mol. The summed E-state index contributed by atoms with van der Waals surface area (Å²) in [5, 5.41) is 3.83. The number of hydrogen-bond donors (Lipinski definition) is 1. The maximum absolute atomic E-state index is 3.83. The second-order valence-corrected chi connectivity index (χ2v) is 7.45. The Morgan fingerprint density at radius 1 is 0.950 bits per heavy atom. The molecule has 0 aromatic rings. The number of nitrogens with one attached hydrogen (secondary N) is 1. The molecule has 2 saturated carbocycles. The molecule has 20 heavy (non-hydrogen) atoms. The Morgan fingerprint density at radius 2 is 1.70 bits per heavy atom. The summed E-state index contributed by atoms with van der Waals surface area (Å²) in [6, 6.07) is 0.782. The molecule has 0 radical (unpaired) electrons. The molecule has 2 heteroatoms. The molecule has 0 spiro atoms. The summed E-state index contributed by atoms with van der Waals surface area (Å²) in [6.07, 6.45) is 11.4. The van der Waals surface area contributed by atoms with Crippen LogP contribution in [0.2, 0.25) is 0 Å². The predicted octanol–water partition coefficient (Wildman–Crippen LogP) is 3.91. The van der Waals surface area contributed by atoms with Gasteiger partial charge < -0.3 is 10.2 Å². The lowest BCUT2D eigenvalue weighted by molar-refractivity contribution is 0.147. The summed E-state index contributed by atoms with van der Waals surface area (Å²) in [5.74, 6) is 2.91. The van der Waals surface area contributed by atoms with E-state index < -0.39 is 0 Å². The molecular weight excluding hydrogens is 244 g/mol. The molecule has 118 valence electrons. The molecule has 0 saturated heterocycles. The van der Waals surface area contributed by atoms with Gasteiger partial charge in [0, 0.05) is 19.1 Å². The average Bonchev–Trinajstić information content (AvgIpc) is 3.22. The summed E-state index contributed by atoms with van der Waals surface area (Å²) in [6.45, 7) is 8.49. The third kappa shape index (κ3) is 5.37. The summed E-state index contributed by atoms with van der Waals surface area (Å²) in [5.41, 5.74) is 0. The summed E-state index contributed by atoms with van der Waals surface area (Å²) >= 11 is 0. The highest BCUT2D eigenvalue weighted by Gasteiger charge is 2.31. The van der Waals surface area contributed by atoms with E-state index in [2.05, 4.69) is 31.1 Å². The quantitative estimate of drug-likeness (QED) is 0.689. The number of rotatable bonds is 9. The molecule has 0 bridgehead atoms. The van der Waals surface area contributed by atoms with Crippen molar-refractivity contribution >= 4 is 0 Å². The van der Waals surface area contributed by atoms with E-state index in [9.17, 15) is 0 Å². The minimum atomic E-state index is 0.782. The summed E-state index contributed by atoms with van der Waals surface area (Å²) in [4.78, 5) is 2.62. The Hall–Kier alpha value is -0.0800. The summed E-state index contributed by atoms with van der Waals surface area (Å²) < 4.78 is 0. The Balaban J connectivity index is 1.82. The van der Waals surface area contributed by atoms with Gasteiger partial charge in [0.25, 0.3) is 0 Å². The van der Waals surface area contributed by atoms with Gasteiger partial charge in [0.1, 0.15) is 0 Å². The lowest BCUT2D eigenvalue weighted by Crippen LogP contribution is -2.45. The van der Waals surface area contributed by atoms with Gasteiger partial charge in [0.05, 0.1) is 0 Å². The molecule has 3 atom stereocenters. The minimum absolute atomic E-state index is 0.782. The van der Waals surface area contributed by atoms with Gasteiger partial charge in [0.2, 0.25) is 0 Å². The molecule has 0 aliphatic heterocycles. The maximum atomic E-state index is 3.83. The van der Waals surface area contributed by atoms with E-state index in [-0.39, 0.29) is 0 Å². The van der Waals surface area contributed by atoms with Gasteiger partial charge in [-0.1, -0.05) is 26.7 Å². The van der Waals surface area contributed by atoms with Crippen LogP contribution in [0.3, 0.4) is 0 Å². The molecule has 0 aromatic carbocycles. The number of hydrogen-bond acceptors (Lipinski definition) is 2. The predicted molar refractivity (Wildman–Crippen MR) is 88.0 cm³/mol. The van der Waals surface area contributed by atoms with Gasteiger partial charge in [0.15, 0.2) is 0 Å². The normalized spacial score (nSPS) is 30.9. The lowest BCUT2D eigenvalue weighted by Gasteiger charge is -2.39. The Labute approximate surface area is 126 Å². The van der Waals surface area contributed by atoms with Crippen molar-refractivity contribution in [1.29, 1.82) is 0 Å². The fourth-order valence-corrected chi connectivity index (χ4v) is 4.05. The molecule has 3 unspecified atom stereocenters. The second kappa shape index (κ2) is 8.38. The van der Waals surface area contributed by atoms with Crippen molar-refractivity contribution in [2.24, 2.45) is 17.8 Å². The first-order valence-electron chi connectivity index (χ1n) is 9.14. The van der Waals surface area contributed by atoms with Crippen LogP contribution < -0.4 is 5.32 Å². The maximum Gasteiger partial charge on any atom is 0.0108 e. The van der Waals surface area contributed by atoms with E-state index >= 15 is 0 Å². The third-order valence-corrected chi connectivity index (χ3v) is 5.26. The summed E-state index contributed by atoms with van der Waals surface area (Å²) in [7, 11) is 2.35. The molecule has 2 nitrogen and oxygen atoms in total. The van der Waals surface area contributed by atoms with Gasteiger partial charge in [-0.3, -0.25) is 0 Å². The van der Waals surface area contributed by atoms with Crippen molar-refractivity contribution in [2.75, 3.05) is 26.7 Å². The van der Waals surface area contributed by atoms with Gasteiger partial charge >= 0.3 is 0 Å². The first-order valence-corrected chi connectivity index (χ1v) is 9.14. The zero-order chi connectivity index (χ0) is 14.4. The first-order chi connectivity index (χ1) is 9.72. The Kier molecular flexibility index (Phi) is 6.83. The topological polar surface area (TPSA) is 15.3 Å². The Bertz CT molecular complexity index is 262. The minimum Gasteiger partial charge on any atom is -0.314 e. The van der Waals surface area contributed by atoms with Crippen molar-refractivity contribution in [3.63, 3.8) is 0 Å². The molecule has 2 aliphatic carbocycles. The highest BCUT2D eigenvalue weighted by molar-refractivity contribution is 4.87. The molecular formula is C18H36N2. The molecule has 1 N–H and O–H groups in total. The number of nitrogens with zero attached hydrogens (tertiary/aromatic N) is 1. The van der Waals surface area contributed by atoms with E-state index in [4.69, 9.17) is 0 Å². The first kappa shape index (κ1) is 16.3. The molecule has 0 aromatic heterocycles. The standard InChI is InChI=1S/C18H36N2/c1-4-6-15-9-10-18(19-11-5-2)17(12-15)14-20(3)13-16-7-8-16/h15-19H,4-14H2,1-3H3. The largest absolute Gasteiger partial charge is 0.314 e. The fourth-order valence-electron chi connectivity index (χ4n) is 4.05. The highest BCUT2D eigenvalue weighted by atomic mass is 15.1. The van der Waals surface area contributed by atoms with Gasteiger partial charge in [-0.15, -0.1) is 0 Å². The smallest absolute Gasteiger partial charge is 0.0108 e. The zero-order valence-corrected chi connectivity index (χ0v) is 14.0. The van der Waals surface area contributed by atoms with Crippen LogP contribution in [0.25, 0.3) is 0 Å². The van der Waals surface area contributed by atoms with Gasteiger partial charge in [-0.05, 0) is 69.9 Å². The lowest BCUT2D eigenvalue weighted by atomic mass is 9.76. The van der Waals surface area contributed by atoms with Crippen LogP contribution in [0, 0.1) is 17.8 Å². The van der Waals surface area contributed by atoms with E-state index in [1.165, 1.54) is 71.0 Å². The van der Waals surface area contributed by atoms with E-state index in [0.29, 0.717) is 0 Å². The van der Waals surface area contributed by atoms with Gasteiger partial charge in [-0.25, -0.2) is 0 Å². The van der Waals surface area contributed by atoms with Crippen molar-refractivity contribution in [1.82, 2.24) is 10.2 Å². The molecule has 2 aliphatic rings. The fraction of sp³-hybridized carbons (Fsp3) is 1.00. The van der Waals surface area contributed by atoms with Crippen LogP contribution in [-0.4, -0.2) is 37.6 Å². The third-order valence-electron chi connectivity index (χ3n) is 5.26. The molecule has 2 fully saturated rings. The van der Waals surface area contributed by atoms with Crippen molar-refractivity contribution < 1.29 is 0 Å². The zero-order valence-electron chi connectivity index (χ0n) is 14.0. The van der Waals surface area contributed by atoms with E-state index in [1.54, 1.807) is 0 Å². The van der Waals surface area contributed by atoms with Crippen LogP contribution in [-0.2, 0) is 0 Å². The van der Waals surface area contributed by atoms with Crippen LogP contribution in [0.1, 0.15) is 65.2 Å². The molecule has 0 heterocycles.